The van der Waals surface area contributed by atoms with Gasteiger partial charge in [0.25, 0.3) is 0 Å². The smallest absolute Gasteiger partial charge is 0.124 e. The maximum Gasteiger partial charge on any atom is 0.124 e. The first-order valence-electron chi connectivity index (χ1n) is 6.39. The first-order valence-corrected chi connectivity index (χ1v) is 7.19. The van der Waals surface area contributed by atoms with Crippen LogP contribution in [0, 0.1) is 11.3 Å². The molecular formula is C14H20BrN3. The molecule has 0 radical (unpaired) electrons. The lowest BCUT2D eigenvalue weighted by Crippen LogP contribution is -2.42. The van der Waals surface area contributed by atoms with E-state index in [-0.39, 0.29) is 5.84 Å². The Morgan fingerprint density at radius 3 is 2.78 bits per heavy atom. The van der Waals surface area contributed by atoms with E-state index in [2.05, 4.69) is 40.7 Å². The Balaban J connectivity index is 2.41. The molecule has 1 fully saturated rings. The SMILES string of the molecule is CC1CCC(C)N(c2cc(Br)ccc2C(=N)N)C1. The zero-order valence-electron chi connectivity index (χ0n) is 10.9. The molecule has 1 saturated heterocycles. The number of nitrogens with one attached hydrogen (secondary N) is 1. The molecule has 3 N–H and O–H groups in total. The second-order valence-electron chi connectivity index (χ2n) is 5.26. The molecule has 1 aliphatic rings. The Bertz CT molecular complexity index is 458. The minimum Gasteiger partial charge on any atom is -0.384 e. The molecule has 1 aromatic carbocycles. The Morgan fingerprint density at radius 1 is 1.39 bits per heavy atom. The van der Waals surface area contributed by atoms with Crippen molar-refractivity contribution in [3.63, 3.8) is 0 Å². The van der Waals surface area contributed by atoms with Crippen molar-refractivity contribution in [2.24, 2.45) is 11.7 Å². The van der Waals surface area contributed by atoms with Crippen molar-refractivity contribution in [2.75, 3.05) is 11.4 Å². The molecule has 0 bridgehead atoms. The average molecular weight is 310 g/mol. The van der Waals surface area contributed by atoms with Crippen molar-refractivity contribution in [3.8, 4) is 0 Å². The summed E-state index contributed by atoms with van der Waals surface area (Å²) >= 11 is 3.51. The Morgan fingerprint density at radius 2 is 2.11 bits per heavy atom. The van der Waals surface area contributed by atoms with Crippen molar-refractivity contribution in [1.82, 2.24) is 0 Å². The van der Waals surface area contributed by atoms with E-state index < -0.39 is 0 Å². The highest BCUT2D eigenvalue weighted by atomic mass is 79.9. The van der Waals surface area contributed by atoms with E-state index in [9.17, 15) is 0 Å². The Kier molecular flexibility index (Phi) is 3.95. The minimum absolute atomic E-state index is 0.142. The summed E-state index contributed by atoms with van der Waals surface area (Å²) in [7, 11) is 0. The molecule has 3 nitrogen and oxygen atoms in total. The molecule has 2 unspecified atom stereocenters. The van der Waals surface area contributed by atoms with E-state index >= 15 is 0 Å². The largest absolute Gasteiger partial charge is 0.384 e. The van der Waals surface area contributed by atoms with Crippen LogP contribution in [0.5, 0.6) is 0 Å². The number of anilines is 1. The standard InChI is InChI=1S/C14H20BrN3/c1-9-3-4-10(2)18(8-9)13-7-11(15)5-6-12(13)14(16)17/h5-7,9-10H,3-4,8H2,1-2H3,(H3,16,17). The third kappa shape index (κ3) is 2.69. The van der Waals surface area contributed by atoms with Gasteiger partial charge in [0.1, 0.15) is 5.84 Å². The summed E-state index contributed by atoms with van der Waals surface area (Å²) in [4.78, 5) is 2.38. The molecule has 2 rings (SSSR count). The summed E-state index contributed by atoms with van der Waals surface area (Å²) in [5, 5.41) is 7.72. The van der Waals surface area contributed by atoms with Crippen LogP contribution in [0.15, 0.2) is 22.7 Å². The summed E-state index contributed by atoms with van der Waals surface area (Å²) in [6.45, 7) is 5.57. The van der Waals surface area contributed by atoms with Gasteiger partial charge < -0.3 is 10.6 Å². The maximum atomic E-state index is 7.72. The van der Waals surface area contributed by atoms with Gasteiger partial charge in [0.05, 0.1) is 0 Å². The summed E-state index contributed by atoms with van der Waals surface area (Å²) in [5.41, 5.74) is 7.60. The Labute approximate surface area is 117 Å². The fourth-order valence-electron chi connectivity index (χ4n) is 2.59. The molecular weight excluding hydrogens is 290 g/mol. The molecule has 1 heterocycles. The third-order valence-electron chi connectivity index (χ3n) is 3.68. The fourth-order valence-corrected chi connectivity index (χ4v) is 2.94. The quantitative estimate of drug-likeness (QED) is 0.650. The number of benzene rings is 1. The van der Waals surface area contributed by atoms with Gasteiger partial charge in [-0.15, -0.1) is 0 Å². The van der Waals surface area contributed by atoms with Crippen molar-refractivity contribution in [3.05, 3.63) is 28.2 Å². The molecule has 4 heteroatoms. The monoisotopic (exact) mass is 309 g/mol. The van der Waals surface area contributed by atoms with Gasteiger partial charge in [0.2, 0.25) is 0 Å². The predicted molar refractivity (Wildman–Crippen MR) is 80.4 cm³/mol. The van der Waals surface area contributed by atoms with Gasteiger partial charge in [-0.3, -0.25) is 5.41 Å². The highest BCUT2D eigenvalue weighted by Gasteiger charge is 2.25. The first kappa shape index (κ1) is 13.4. The van der Waals surface area contributed by atoms with Gasteiger partial charge in [-0.1, -0.05) is 22.9 Å². The van der Waals surface area contributed by atoms with E-state index in [0.29, 0.717) is 12.0 Å². The zero-order chi connectivity index (χ0) is 13.3. The molecule has 18 heavy (non-hydrogen) atoms. The fraction of sp³-hybridized carbons (Fsp3) is 0.500. The summed E-state index contributed by atoms with van der Waals surface area (Å²) in [6.07, 6.45) is 2.48. The average Bonchev–Trinajstić information content (AvgIpc) is 2.31. The molecule has 0 spiro atoms. The number of nitrogen functional groups attached to an aromatic ring is 1. The van der Waals surface area contributed by atoms with Crippen molar-refractivity contribution < 1.29 is 0 Å². The van der Waals surface area contributed by atoms with Crippen LogP contribution in [-0.4, -0.2) is 18.4 Å². The highest BCUT2D eigenvalue weighted by Crippen LogP contribution is 2.32. The number of amidine groups is 1. The molecule has 2 atom stereocenters. The summed E-state index contributed by atoms with van der Waals surface area (Å²) in [5.74, 6) is 0.836. The van der Waals surface area contributed by atoms with Crippen LogP contribution in [-0.2, 0) is 0 Å². The normalized spacial score (nSPS) is 24.1. The highest BCUT2D eigenvalue weighted by molar-refractivity contribution is 9.10. The number of rotatable bonds is 2. The number of nitrogens with two attached hydrogens (primary N) is 1. The lowest BCUT2D eigenvalue weighted by molar-refractivity contribution is 0.390. The van der Waals surface area contributed by atoms with E-state index in [1.165, 1.54) is 12.8 Å². The predicted octanol–water partition coefficient (Wildman–Crippen LogP) is 3.36. The van der Waals surface area contributed by atoms with E-state index in [4.69, 9.17) is 11.1 Å². The van der Waals surface area contributed by atoms with Gasteiger partial charge in [-0.25, -0.2) is 0 Å². The van der Waals surface area contributed by atoms with Gasteiger partial charge in [0, 0.05) is 28.3 Å². The number of halogens is 1. The van der Waals surface area contributed by atoms with E-state index in [1.54, 1.807) is 0 Å². The van der Waals surface area contributed by atoms with E-state index in [1.807, 2.05) is 12.1 Å². The van der Waals surface area contributed by atoms with Crippen molar-refractivity contribution in [2.45, 2.75) is 32.7 Å². The number of nitrogens with zero attached hydrogens (tertiary/aromatic N) is 1. The minimum atomic E-state index is 0.142. The number of hydrogen-bond donors (Lipinski definition) is 2. The van der Waals surface area contributed by atoms with Crippen LogP contribution in [0.1, 0.15) is 32.3 Å². The van der Waals surface area contributed by atoms with Crippen LogP contribution in [0.2, 0.25) is 0 Å². The van der Waals surface area contributed by atoms with Gasteiger partial charge in [0.15, 0.2) is 0 Å². The van der Waals surface area contributed by atoms with Crippen LogP contribution in [0.4, 0.5) is 5.69 Å². The number of piperidine rings is 1. The molecule has 1 aliphatic heterocycles. The molecule has 1 aromatic rings. The zero-order valence-corrected chi connectivity index (χ0v) is 12.5. The molecule has 98 valence electrons. The Hall–Kier alpha value is -1.03. The van der Waals surface area contributed by atoms with Crippen molar-refractivity contribution >= 4 is 27.5 Å². The molecule has 0 saturated carbocycles. The number of hydrogen-bond acceptors (Lipinski definition) is 2. The van der Waals surface area contributed by atoms with E-state index in [0.717, 1.165) is 22.3 Å². The van der Waals surface area contributed by atoms with Gasteiger partial charge >= 0.3 is 0 Å². The van der Waals surface area contributed by atoms with Crippen LogP contribution in [0.3, 0.4) is 0 Å². The van der Waals surface area contributed by atoms with Crippen molar-refractivity contribution in [1.29, 1.82) is 5.41 Å². The van der Waals surface area contributed by atoms with Crippen LogP contribution < -0.4 is 10.6 Å². The maximum absolute atomic E-state index is 7.72. The molecule has 0 aromatic heterocycles. The lowest BCUT2D eigenvalue weighted by Gasteiger charge is -2.39. The lowest BCUT2D eigenvalue weighted by atomic mass is 9.93. The van der Waals surface area contributed by atoms with Crippen LogP contribution >= 0.6 is 15.9 Å². The topological polar surface area (TPSA) is 53.1 Å². The second kappa shape index (κ2) is 5.31. The molecule has 0 aliphatic carbocycles. The van der Waals surface area contributed by atoms with Gasteiger partial charge in [-0.05, 0) is 43.9 Å². The second-order valence-corrected chi connectivity index (χ2v) is 6.17. The first-order chi connectivity index (χ1) is 8.49. The third-order valence-corrected chi connectivity index (χ3v) is 4.17. The van der Waals surface area contributed by atoms with Gasteiger partial charge in [-0.2, -0.15) is 0 Å². The summed E-state index contributed by atoms with van der Waals surface area (Å²) in [6, 6.07) is 6.45. The van der Waals surface area contributed by atoms with Crippen LogP contribution in [0.25, 0.3) is 0 Å². The summed E-state index contributed by atoms with van der Waals surface area (Å²) < 4.78 is 1.04. The molecule has 0 amide bonds.